The number of methoxy groups -OCH3 is 1. The van der Waals surface area contributed by atoms with E-state index in [0.29, 0.717) is 22.8 Å². The van der Waals surface area contributed by atoms with Gasteiger partial charge in [0.05, 0.1) is 29.2 Å². The van der Waals surface area contributed by atoms with Crippen LogP contribution in [0.15, 0.2) is 61.2 Å². The van der Waals surface area contributed by atoms with Crippen molar-refractivity contribution in [2.75, 3.05) is 18.6 Å². The maximum absolute atomic E-state index is 13.4. The molecule has 0 aliphatic rings. The van der Waals surface area contributed by atoms with Crippen molar-refractivity contribution in [3.05, 3.63) is 77.9 Å². The SMILES string of the molecule is CCc1ccc2nc(N(CCCn3ccnc3)C(=O)c3ccc(C(=O)OC)cc3)sc2c1.Cl. The second-order valence-corrected chi connectivity index (χ2v) is 8.34. The number of amides is 1. The van der Waals surface area contributed by atoms with E-state index in [0.717, 1.165) is 29.6 Å². The molecular formula is C24H25ClN4O3S. The quantitative estimate of drug-likeness (QED) is 0.329. The van der Waals surface area contributed by atoms with Gasteiger partial charge in [-0.1, -0.05) is 24.3 Å². The van der Waals surface area contributed by atoms with E-state index in [4.69, 9.17) is 9.72 Å². The summed E-state index contributed by atoms with van der Waals surface area (Å²) in [4.78, 5) is 35.7. The molecular weight excluding hydrogens is 460 g/mol. The Morgan fingerprint density at radius 1 is 1.12 bits per heavy atom. The summed E-state index contributed by atoms with van der Waals surface area (Å²) in [5, 5.41) is 0.668. The molecule has 0 N–H and O–H groups in total. The molecule has 0 saturated heterocycles. The van der Waals surface area contributed by atoms with Crippen molar-refractivity contribution in [2.24, 2.45) is 0 Å². The lowest BCUT2D eigenvalue weighted by Gasteiger charge is -2.20. The highest BCUT2D eigenvalue weighted by Gasteiger charge is 2.21. The number of imidazole rings is 1. The van der Waals surface area contributed by atoms with Gasteiger partial charge in [-0.2, -0.15) is 0 Å². The van der Waals surface area contributed by atoms with Gasteiger partial charge in [0.2, 0.25) is 0 Å². The topological polar surface area (TPSA) is 77.3 Å². The molecule has 0 bridgehead atoms. The van der Waals surface area contributed by atoms with E-state index in [2.05, 4.69) is 24.0 Å². The first kappa shape index (κ1) is 24.4. The van der Waals surface area contributed by atoms with Crippen molar-refractivity contribution in [1.29, 1.82) is 0 Å². The average Bonchev–Trinajstić information content (AvgIpc) is 3.50. The number of carbonyl (C=O) groups excluding carboxylic acids is 2. The molecule has 33 heavy (non-hydrogen) atoms. The van der Waals surface area contributed by atoms with E-state index < -0.39 is 5.97 Å². The molecule has 0 fully saturated rings. The van der Waals surface area contributed by atoms with Crippen LogP contribution in [0.4, 0.5) is 5.13 Å². The van der Waals surface area contributed by atoms with Gasteiger partial charge in [0.1, 0.15) is 0 Å². The first-order valence-electron chi connectivity index (χ1n) is 10.4. The molecule has 4 rings (SSSR count). The Hall–Kier alpha value is -3.23. The Labute approximate surface area is 202 Å². The molecule has 2 aromatic heterocycles. The number of rotatable bonds is 8. The molecule has 4 aromatic rings. The third-order valence-corrected chi connectivity index (χ3v) is 6.28. The van der Waals surface area contributed by atoms with Gasteiger partial charge in [0.25, 0.3) is 5.91 Å². The number of thiazole rings is 1. The second-order valence-electron chi connectivity index (χ2n) is 7.33. The Morgan fingerprint density at radius 3 is 2.55 bits per heavy atom. The van der Waals surface area contributed by atoms with Gasteiger partial charge >= 0.3 is 5.97 Å². The monoisotopic (exact) mass is 484 g/mol. The van der Waals surface area contributed by atoms with E-state index in [9.17, 15) is 9.59 Å². The van der Waals surface area contributed by atoms with E-state index in [-0.39, 0.29) is 18.3 Å². The molecule has 0 radical (unpaired) electrons. The van der Waals surface area contributed by atoms with Crippen LogP contribution < -0.4 is 4.90 Å². The van der Waals surface area contributed by atoms with Gasteiger partial charge in [0.15, 0.2) is 5.13 Å². The fraction of sp³-hybridized carbons (Fsp3) is 0.250. The maximum Gasteiger partial charge on any atom is 0.337 e. The first-order valence-corrected chi connectivity index (χ1v) is 11.3. The molecule has 2 heterocycles. The van der Waals surface area contributed by atoms with Crippen LogP contribution in [0.2, 0.25) is 0 Å². The van der Waals surface area contributed by atoms with Gasteiger partial charge in [-0.15, -0.1) is 12.4 Å². The number of fused-ring (bicyclic) bond motifs is 1. The summed E-state index contributed by atoms with van der Waals surface area (Å²) >= 11 is 1.52. The molecule has 0 saturated carbocycles. The van der Waals surface area contributed by atoms with Crippen LogP contribution in [0, 0.1) is 0 Å². The number of esters is 1. The molecule has 172 valence electrons. The summed E-state index contributed by atoms with van der Waals surface area (Å²) in [6.45, 7) is 3.37. The van der Waals surface area contributed by atoms with Gasteiger partial charge in [-0.3, -0.25) is 9.69 Å². The molecule has 7 nitrogen and oxygen atoms in total. The largest absolute Gasteiger partial charge is 0.465 e. The second kappa shape index (κ2) is 11.1. The number of nitrogens with zero attached hydrogens (tertiary/aromatic N) is 4. The minimum atomic E-state index is -0.431. The molecule has 0 aliphatic heterocycles. The summed E-state index contributed by atoms with van der Waals surface area (Å²) in [5.41, 5.74) is 3.02. The zero-order valence-corrected chi connectivity index (χ0v) is 20.1. The molecule has 0 aliphatic carbocycles. The van der Waals surface area contributed by atoms with Crippen molar-refractivity contribution in [1.82, 2.24) is 14.5 Å². The van der Waals surface area contributed by atoms with Crippen LogP contribution in [0.25, 0.3) is 10.2 Å². The van der Waals surface area contributed by atoms with Crippen molar-refractivity contribution < 1.29 is 14.3 Å². The van der Waals surface area contributed by atoms with E-state index >= 15 is 0 Å². The maximum atomic E-state index is 13.4. The minimum Gasteiger partial charge on any atom is -0.465 e. The van der Waals surface area contributed by atoms with Crippen molar-refractivity contribution >= 4 is 51.0 Å². The molecule has 0 unspecified atom stereocenters. The Bertz CT molecular complexity index is 1220. The van der Waals surface area contributed by atoms with E-state index in [1.807, 2.05) is 16.8 Å². The highest BCUT2D eigenvalue weighted by molar-refractivity contribution is 7.22. The molecule has 9 heteroatoms. The number of aromatic nitrogens is 3. The van der Waals surface area contributed by atoms with Crippen LogP contribution in [0.3, 0.4) is 0 Å². The van der Waals surface area contributed by atoms with Crippen LogP contribution >= 0.6 is 23.7 Å². The zero-order valence-electron chi connectivity index (χ0n) is 18.4. The predicted molar refractivity (Wildman–Crippen MR) is 133 cm³/mol. The number of hydrogen-bond acceptors (Lipinski definition) is 6. The third-order valence-electron chi connectivity index (χ3n) is 5.24. The molecule has 0 spiro atoms. The minimum absolute atomic E-state index is 0. The number of carbonyl (C=O) groups is 2. The van der Waals surface area contributed by atoms with Crippen molar-refractivity contribution in [3.8, 4) is 0 Å². The number of aryl methyl sites for hydroxylation is 2. The summed E-state index contributed by atoms with van der Waals surface area (Å²) < 4.78 is 7.79. The van der Waals surface area contributed by atoms with Crippen molar-refractivity contribution in [2.45, 2.75) is 26.3 Å². The lowest BCUT2D eigenvalue weighted by molar-refractivity contribution is 0.0600. The smallest absolute Gasteiger partial charge is 0.337 e. The van der Waals surface area contributed by atoms with E-state index in [1.165, 1.54) is 24.0 Å². The lowest BCUT2D eigenvalue weighted by Crippen LogP contribution is -2.32. The van der Waals surface area contributed by atoms with Gasteiger partial charge in [-0.05, 0) is 54.8 Å². The predicted octanol–water partition coefficient (Wildman–Crippen LogP) is 5.00. The Balaban J connectivity index is 0.00000306. The van der Waals surface area contributed by atoms with Crippen LogP contribution in [0.1, 0.15) is 39.6 Å². The van der Waals surface area contributed by atoms with Crippen LogP contribution in [-0.4, -0.2) is 40.1 Å². The van der Waals surface area contributed by atoms with Crippen LogP contribution in [-0.2, 0) is 17.7 Å². The summed E-state index contributed by atoms with van der Waals surface area (Å²) in [6.07, 6.45) is 7.11. The molecule has 0 atom stereocenters. The number of anilines is 1. The number of halogens is 1. The standard InChI is InChI=1S/C24H24N4O3S.ClH/c1-3-17-5-10-20-21(15-17)32-24(26-20)28(13-4-12-27-14-11-25-16-27)22(29)18-6-8-19(9-7-18)23(30)31-2;/h5-11,14-16H,3-4,12-13H2,1-2H3;1H. The highest BCUT2D eigenvalue weighted by Crippen LogP contribution is 2.31. The molecule has 2 aromatic carbocycles. The first-order chi connectivity index (χ1) is 15.6. The number of ether oxygens (including phenoxy) is 1. The van der Waals surface area contributed by atoms with Crippen molar-refractivity contribution in [3.63, 3.8) is 0 Å². The summed E-state index contributed by atoms with van der Waals surface area (Å²) in [7, 11) is 1.33. The zero-order chi connectivity index (χ0) is 22.5. The lowest BCUT2D eigenvalue weighted by atomic mass is 10.1. The number of hydrogen-bond donors (Lipinski definition) is 0. The number of benzene rings is 2. The van der Waals surface area contributed by atoms with Gasteiger partial charge in [0, 0.05) is 31.0 Å². The summed E-state index contributed by atoms with van der Waals surface area (Å²) in [6, 6.07) is 12.7. The Morgan fingerprint density at radius 2 is 1.88 bits per heavy atom. The van der Waals surface area contributed by atoms with Crippen LogP contribution in [0.5, 0.6) is 0 Å². The van der Waals surface area contributed by atoms with Gasteiger partial charge < -0.3 is 9.30 Å². The van der Waals surface area contributed by atoms with Gasteiger partial charge in [-0.25, -0.2) is 14.8 Å². The normalized spacial score (nSPS) is 10.6. The third kappa shape index (κ3) is 5.58. The molecule has 1 amide bonds. The average molecular weight is 485 g/mol. The summed E-state index contributed by atoms with van der Waals surface area (Å²) in [5.74, 6) is -0.582. The fourth-order valence-electron chi connectivity index (χ4n) is 3.43. The van der Waals surface area contributed by atoms with E-state index in [1.54, 1.807) is 41.7 Å². The highest BCUT2D eigenvalue weighted by atomic mass is 35.5. The fourth-order valence-corrected chi connectivity index (χ4v) is 4.48. The Kier molecular flexibility index (Phi) is 8.19.